The number of esters is 1. The molecule has 9 nitrogen and oxygen atoms in total. The first-order valence-corrected chi connectivity index (χ1v) is 8.08. The number of rotatable bonds is 4. The number of carbonyl (C=O) groups excluding carboxylic acids is 1. The maximum atomic E-state index is 12.7. The second-order valence-electron chi connectivity index (χ2n) is 6.42. The van der Waals surface area contributed by atoms with Crippen LogP contribution in [0.5, 0.6) is 0 Å². The van der Waals surface area contributed by atoms with Crippen LogP contribution < -0.4 is 5.73 Å². The van der Waals surface area contributed by atoms with Gasteiger partial charge in [0.1, 0.15) is 17.0 Å². The molecule has 3 heterocycles. The van der Waals surface area contributed by atoms with Crippen molar-refractivity contribution in [1.29, 1.82) is 0 Å². The number of H-pyrrole nitrogens is 1. The number of anilines is 1. The number of benzene rings is 1. The maximum Gasteiger partial charge on any atom is 0.335 e. The first-order valence-electron chi connectivity index (χ1n) is 8.08. The van der Waals surface area contributed by atoms with Gasteiger partial charge in [-0.2, -0.15) is 5.10 Å². The van der Waals surface area contributed by atoms with E-state index in [2.05, 4.69) is 26.7 Å². The molecule has 1 unspecified atom stereocenters. The molecule has 0 spiro atoms. The van der Waals surface area contributed by atoms with Crippen LogP contribution >= 0.6 is 0 Å². The summed E-state index contributed by atoms with van der Waals surface area (Å²) in [6.45, 7) is 3.76. The molecule has 1 atom stereocenters. The average Bonchev–Trinajstić information content (AvgIpc) is 3.15. The van der Waals surface area contributed by atoms with Crippen LogP contribution in [-0.4, -0.2) is 37.2 Å². The normalized spacial score (nSPS) is 19.4. The minimum Gasteiger partial charge on any atom is -0.478 e. The topological polar surface area (TPSA) is 144 Å². The van der Waals surface area contributed by atoms with Crippen molar-refractivity contribution in [2.75, 3.05) is 5.73 Å². The van der Waals surface area contributed by atoms with E-state index in [-0.39, 0.29) is 24.2 Å². The smallest absolute Gasteiger partial charge is 0.335 e. The summed E-state index contributed by atoms with van der Waals surface area (Å²) in [7, 11) is 0. The second kappa shape index (κ2) is 5.90. The number of carboxylic acid groups (broad SMARTS) is 1. The third-order valence-corrected chi connectivity index (χ3v) is 4.63. The van der Waals surface area contributed by atoms with Crippen LogP contribution in [0.3, 0.4) is 0 Å². The summed E-state index contributed by atoms with van der Waals surface area (Å²) in [6, 6.07) is 6.14. The van der Waals surface area contributed by atoms with E-state index in [0.717, 1.165) is 0 Å². The lowest BCUT2D eigenvalue weighted by atomic mass is 9.75. The third kappa shape index (κ3) is 2.69. The molecule has 3 aromatic rings. The van der Waals surface area contributed by atoms with Gasteiger partial charge in [-0.05, 0) is 17.7 Å². The Kier molecular flexibility index (Phi) is 3.65. The molecular weight excluding hydrogens is 350 g/mol. The number of carbonyl (C=O) groups is 2. The van der Waals surface area contributed by atoms with Crippen molar-refractivity contribution in [3.63, 3.8) is 0 Å². The standard InChI is InChI=1S/C18H15N5O4/c1-9-6-18(17(26)27-9,11-4-2-10(3-5-11)16(24)25)7-12-8-20-15-13(21-12)14(19)22-23-15/h2-5,8H,1,6-7H2,(H,24,25)(H3,19,20,22,23). The molecule has 1 fully saturated rings. The lowest BCUT2D eigenvalue weighted by Crippen LogP contribution is -2.34. The van der Waals surface area contributed by atoms with Gasteiger partial charge in [0.25, 0.3) is 0 Å². The van der Waals surface area contributed by atoms with E-state index in [4.69, 9.17) is 15.6 Å². The van der Waals surface area contributed by atoms with E-state index < -0.39 is 17.4 Å². The van der Waals surface area contributed by atoms with Gasteiger partial charge in [0, 0.05) is 12.8 Å². The minimum atomic E-state index is -1.06. The zero-order valence-corrected chi connectivity index (χ0v) is 14.1. The lowest BCUT2D eigenvalue weighted by Gasteiger charge is -2.24. The molecule has 4 N–H and O–H groups in total. The first-order chi connectivity index (χ1) is 12.9. The van der Waals surface area contributed by atoms with Gasteiger partial charge < -0.3 is 15.6 Å². The number of carboxylic acids is 1. The highest BCUT2D eigenvalue weighted by Crippen LogP contribution is 2.41. The van der Waals surface area contributed by atoms with Crippen LogP contribution in [0.2, 0.25) is 0 Å². The number of cyclic esters (lactones) is 1. The van der Waals surface area contributed by atoms with Gasteiger partial charge in [-0.1, -0.05) is 18.7 Å². The molecule has 9 heteroatoms. The van der Waals surface area contributed by atoms with Gasteiger partial charge in [0.2, 0.25) is 5.65 Å². The number of nitrogens with two attached hydrogens (primary N) is 1. The Labute approximate surface area is 152 Å². The number of aromatic carboxylic acids is 1. The number of nitrogen functional groups attached to an aromatic ring is 1. The minimum absolute atomic E-state index is 0.131. The first kappa shape index (κ1) is 16.7. The van der Waals surface area contributed by atoms with Gasteiger partial charge in [0.05, 0.1) is 17.5 Å². The molecule has 0 aliphatic carbocycles. The molecule has 4 rings (SSSR count). The number of nitrogens with one attached hydrogen (secondary N) is 1. The van der Waals surface area contributed by atoms with Crippen molar-refractivity contribution in [3.8, 4) is 0 Å². The summed E-state index contributed by atoms with van der Waals surface area (Å²) in [5, 5.41) is 15.6. The number of hydrogen-bond donors (Lipinski definition) is 3. The Morgan fingerprint density at radius 1 is 1.37 bits per heavy atom. The number of fused-ring (bicyclic) bond motifs is 1. The highest BCUT2D eigenvalue weighted by molar-refractivity contribution is 5.90. The second-order valence-corrected chi connectivity index (χ2v) is 6.42. The summed E-state index contributed by atoms with van der Waals surface area (Å²) in [5.41, 5.74) is 6.84. The zero-order chi connectivity index (χ0) is 19.2. The molecule has 0 amide bonds. The molecule has 1 aliphatic heterocycles. The summed E-state index contributed by atoms with van der Waals surface area (Å²) in [5.74, 6) is -0.866. The highest BCUT2D eigenvalue weighted by Gasteiger charge is 2.48. The molecule has 0 saturated carbocycles. The molecule has 1 aliphatic rings. The van der Waals surface area contributed by atoms with Crippen molar-refractivity contribution < 1.29 is 19.4 Å². The summed E-state index contributed by atoms with van der Waals surface area (Å²) in [6.07, 6.45) is 1.99. The molecule has 2 aromatic heterocycles. The summed E-state index contributed by atoms with van der Waals surface area (Å²) >= 11 is 0. The SMILES string of the molecule is C=C1CC(Cc2cnc3n[nH]c(N)c3n2)(c2ccc(C(=O)O)cc2)C(=O)O1. The van der Waals surface area contributed by atoms with Crippen molar-refractivity contribution in [3.05, 3.63) is 59.6 Å². The van der Waals surface area contributed by atoms with E-state index in [9.17, 15) is 9.59 Å². The predicted octanol–water partition coefficient (Wildman–Crippen LogP) is 1.57. The molecular formula is C18H15N5O4. The van der Waals surface area contributed by atoms with Gasteiger partial charge in [-0.15, -0.1) is 0 Å². The maximum absolute atomic E-state index is 12.7. The van der Waals surface area contributed by atoms with Crippen LogP contribution in [-0.2, 0) is 21.4 Å². The largest absolute Gasteiger partial charge is 0.478 e. The van der Waals surface area contributed by atoms with Crippen LogP contribution in [0, 0.1) is 0 Å². The Hall–Kier alpha value is -3.75. The average molecular weight is 365 g/mol. The molecule has 136 valence electrons. The highest BCUT2D eigenvalue weighted by atomic mass is 16.5. The number of aromatic nitrogens is 4. The number of nitrogens with zero attached hydrogens (tertiary/aromatic N) is 3. The quantitative estimate of drug-likeness (QED) is 0.591. The van der Waals surface area contributed by atoms with Crippen molar-refractivity contribution >= 4 is 28.9 Å². The van der Waals surface area contributed by atoms with Gasteiger partial charge in [-0.25, -0.2) is 14.8 Å². The van der Waals surface area contributed by atoms with E-state index in [1.54, 1.807) is 12.1 Å². The van der Waals surface area contributed by atoms with E-state index in [1.807, 2.05) is 0 Å². The van der Waals surface area contributed by atoms with Crippen molar-refractivity contribution in [2.45, 2.75) is 18.3 Å². The van der Waals surface area contributed by atoms with Crippen LogP contribution in [0.1, 0.15) is 28.0 Å². The van der Waals surface area contributed by atoms with E-state index in [1.165, 1.54) is 18.3 Å². The molecule has 1 aromatic carbocycles. The summed E-state index contributed by atoms with van der Waals surface area (Å²) in [4.78, 5) is 32.5. The fourth-order valence-electron chi connectivity index (χ4n) is 3.30. The predicted molar refractivity (Wildman–Crippen MR) is 94.7 cm³/mol. The fraction of sp³-hybridized carbons (Fsp3) is 0.167. The Balaban J connectivity index is 1.78. The number of ether oxygens (including phenoxy) is 1. The number of hydrogen-bond acceptors (Lipinski definition) is 7. The Bertz CT molecular complexity index is 1090. The molecule has 1 saturated heterocycles. The van der Waals surface area contributed by atoms with Crippen LogP contribution in [0.25, 0.3) is 11.2 Å². The Morgan fingerprint density at radius 2 is 2.11 bits per heavy atom. The van der Waals surface area contributed by atoms with Crippen LogP contribution in [0.15, 0.2) is 42.8 Å². The molecule has 27 heavy (non-hydrogen) atoms. The van der Waals surface area contributed by atoms with Gasteiger partial charge in [-0.3, -0.25) is 9.89 Å². The molecule has 0 radical (unpaired) electrons. The zero-order valence-electron chi connectivity index (χ0n) is 14.1. The lowest BCUT2D eigenvalue weighted by molar-refractivity contribution is -0.140. The van der Waals surface area contributed by atoms with Gasteiger partial charge in [0.15, 0.2) is 5.52 Å². The van der Waals surface area contributed by atoms with Gasteiger partial charge >= 0.3 is 11.9 Å². The Morgan fingerprint density at radius 3 is 2.74 bits per heavy atom. The van der Waals surface area contributed by atoms with E-state index in [0.29, 0.717) is 28.2 Å². The monoisotopic (exact) mass is 365 g/mol. The van der Waals surface area contributed by atoms with Crippen molar-refractivity contribution in [1.82, 2.24) is 20.2 Å². The summed E-state index contributed by atoms with van der Waals surface area (Å²) < 4.78 is 5.24. The number of aromatic amines is 1. The fourth-order valence-corrected chi connectivity index (χ4v) is 3.30. The third-order valence-electron chi connectivity index (χ3n) is 4.63. The molecule has 0 bridgehead atoms. The van der Waals surface area contributed by atoms with Crippen molar-refractivity contribution in [2.24, 2.45) is 0 Å². The van der Waals surface area contributed by atoms with E-state index >= 15 is 0 Å². The number of allylic oxidation sites excluding steroid dienone is 1. The van der Waals surface area contributed by atoms with Crippen LogP contribution in [0.4, 0.5) is 5.82 Å².